The van der Waals surface area contributed by atoms with Gasteiger partial charge in [-0.2, -0.15) is 0 Å². The van der Waals surface area contributed by atoms with Gasteiger partial charge in [0.25, 0.3) is 5.56 Å². The first-order valence-electron chi connectivity index (χ1n) is 8.50. The molecular formula is C18H20N4O6. The number of ether oxygens (including phenoxy) is 2. The van der Waals surface area contributed by atoms with E-state index in [1.165, 1.54) is 36.2 Å². The molecule has 28 heavy (non-hydrogen) atoms. The van der Waals surface area contributed by atoms with Gasteiger partial charge in [0.05, 0.1) is 25.6 Å². The number of imidazole rings is 1. The predicted octanol–water partition coefficient (Wildman–Crippen LogP) is 0.610. The number of methoxy groups -OCH3 is 1. The second kappa shape index (κ2) is 7.59. The van der Waals surface area contributed by atoms with Crippen molar-refractivity contribution < 1.29 is 19.4 Å². The van der Waals surface area contributed by atoms with Gasteiger partial charge in [0.15, 0.2) is 22.7 Å². The standard InChI is InChI=1S/C18H20N4O6/c1-20-10-19-15-14(20)16(23)22(18(26)21(15)2)7-4-8-28-12-6-5-11(17(24)25)9-13(12)27-3/h5-6,9-10H,4,7-8H2,1-3H3,(H,24,25). The van der Waals surface area contributed by atoms with Crippen molar-refractivity contribution in [2.24, 2.45) is 14.1 Å². The predicted molar refractivity (Wildman–Crippen MR) is 100 cm³/mol. The lowest BCUT2D eigenvalue weighted by atomic mass is 10.2. The van der Waals surface area contributed by atoms with Crippen LogP contribution in [0.2, 0.25) is 0 Å². The van der Waals surface area contributed by atoms with Crippen LogP contribution in [0.4, 0.5) is 0 Å². The van der Waals surface area contributed by atoms with E-state index in [0.717, 1.165) is 4.57 Å². The molecule has 0 fully saturated rings. The van der Waals surface area contributed by atoms with Gasteiger partial charge in [-0.05, 0) is 24.6 Å². The number of carbonyl (C=O) groups is 1. The first-order chi connectivity index (χ1) is 13.3. The number of aromatic carboxylic acids is 1. The molecule has 0 aliphatic heterocycles. The summed E-state index contributed by atoms with van der Waals surface area (Å²) in [6, 6.07) is 4.29. The summed E-state index contributed by atoms with van der Waals surface area (Å²) < 4.78 is 14.9. The summed E-state index contributed by atoms with van der Waals surface area (Å²) in [6.45, 7) is 0.379. The summed E-state index contributed by atoms with van der Waals surface area (Å²) >= 11 is 0. The van der Waals surface area contributed by atoms with Crippen molar-refractivity contribution in [3.8, 4) is 11.5 Å². The third-order valence-corrected chi connectivity index (χ3v) is 4.40. The Hall–Kier alpha value is -3.56. The van der Waals surface area contributed by atoms with E-state index in [1.807, 2.05) is 0 Å². The second-order valence-corrected chi connectivity index (χ2v) is 6.20. The highest BCUT2D eigenvalue weighted by atomic mass is 16.5. The van der Waals surface area contributed by atoms with Crippen LogP contribution in [0.15, 0.2) is 34.1 Å². The summed E-state index contributed by atoms with van der Waals surface area (Å²) in [4.78, 5) is 40.2. The highest BCUT2D eigenvalue weighted by Crippen LogP contribution is 2.28. The number of hydrogen-bond acceptors (Lipinski definition) is 6. The van der Waals surface area contributed by atoms with Crippen LogP contribution in [-0.2, 0) is 20.6 Å². The maximum Gasteiger partial charge on any atom is 0.335 e. The van der Waals surface area contributed by atoms with E-state index in [4.69, 9.17) is 14.6 Å². The minimum absolute atomic E-state index is 0.0868. The molecule has 0 bridgehead atoms. The van der Waals surface area contributed by atoms with Gasteiger partial charge in [-0.25, -0.2) is 14.6 Å². The lowest BCUT2D eigenvalue weighted by Gasteiger charge is -2.12. The first kappa shape index (κ1) is 19.2. The number of carboxylic acids is 1. The number of benzene rings is 1. The van der Waals surface area contributed by atoms with Crippen LogP contribution in [-0.4, -0.2) is 43.5 Å². The van der Waals surface area contributed by atoms with Gasteiger partial charge in [0.1, 0.15) is 0 Å². The quantitative estimate of drug-likeness (QED) is 0.589. The molecule has 3 aromatic rings. The minimum atomic E-state index is -1.06. The van der Waals surface area contributed by atoms with Gasteiger partial charge in [-0.15, -0.1) is 0 Å². The van der Waals surface area contributed by atoms with E-state index in [2.05, 4.69) is 4.98 Å². The number of nitrogens with zero attached hydrogens (tertiary/aromatic N) is 4. The zero-order valence-corrected chi connectivity index (χ0v) is 15.7. The molecule has 3 rings (SSSR count). The molecule has 2 aromatic heterocycles. The molecule has 0 spiro atoms. The number of carboxylic acid groups (broad SMARTS) is 1. The molecular weight excluding hydrogens is 368 g/mol. The Morgan fingerprint density at radius 1 is 1.21 bits per heavy atom. The molecule has 0 saturated carbocycles. The highest BCUT2D eigenvalue weighted by Gasteiger charge is 2.15. The first-order valence-corrected chi connectivity index (χ1v) is 8.50. The van der Waals surface area contributed by atoms with Crippen molar-refractivity contribution in [2.75, 3.05) is 13.7 Å². The number of rotatable bonds is 7. The Morgan fingerprint density at radius 3 is 2.64 bits per heavy atom. The summed E-state index contributed by atoms with van der Waals surface area (Å²) in [5.41, 5.74) is -0.0629. The summed E-state index contributed by atoms with van der Waals surface area (Å²) in [5.74, 6) is -0.384. The van der Waals surface area contributed by atoms with E-state index < -0.39 is 17.2 Å². The van der Waals surface area contributed by atoms with Crippen molar-refractivity contribution in [3.05, 3.63) is 50.9 Å². The van der Waals surface area contributed by atoms with E-state index >= 15 is 0 Å². The van der Waals surface area contributed by atoms with Crippen LogP contribution >= 0.6 is 0 Å². The van der Waals surface area contributed by atoms with Crippen LogP contribution in [0.3, 0.4) is 0 Å². The number of fused-ring (bicyclic) bond motifs is 1. The molecule has 0 saturated heterocycles. The van der Waals surface area contributed by atoms with E-state index in [1.54, 1.807) is 18.7 Å². The number of aryl methyl sites for hydroxylation is 2. The van der Waals surface area contributed by atoms with Crippen molar-refractivity contribution in [1.29, 1.82) is 0 Å². The summed E-state index contributed by atoms with van der Waals surface area (Å²) in [7, 11) is 4.68. The van der Waals surface area contributed by atoms with Gasteiger partial charge >= 0.3 is 11.7 Å². The maximum atomic E-state index is 12.6. The monoisotopic (exact) mass is 388 g/mol. The van der Waals surface area contributed by atoms with Crippen LogP contribution in [0.5, 0.6) is 11.5 Å². The molecule has 0 aliphatic rings. The average Bonchev–Trinajstić information content (AvgIpc) is 3.07. The van der Waals surface area contributed by atoms with E-state index in [-0.39, 0.29) is 18.7 Å². The van der Waals surface area contributed by atoms with E-state index in [0.29, 0.717) is 29.1 Å². The Morgan fingerprint density at radius 2 is 1.96 bits per heavy atom. The summed E-state index contributed by atoms with van der Waals surface area (Å²) in [5, 5.41) is 9.02. The molecule has 10 heteroatoms. The van der Waals surface area contributed by atoms with Crippen molar-refractivity contribution in [3.63, 3.8) is 0 Å². The molecule has 148 valence electrons. The van der Waals surface area contributed by atoms with Gasteiger partial charge < -0.3 is 19.1 Å². The number of hydrogen-bond donors (Lipinski definition) is 1. The smallest absolute Gasteiger partial charge is 0.335 e. The Balaban J connectivity index is 1.74. The number of aromatic nitrogens is 4. The van der Waals surface area contributed by atoms with Crippen molar-refractivity contribution >= 4 is 17.1 Å². The molecule has 10 nitrogen and oxygen atoms in total. The van der Waals surface area contributed by atoms with Crippen molar-refractivity contribution in [1.82, 2.24) is 18.7 Å². The zero-order chi connectivity index (χ0) is 20.4. The fourth-order valence-electron chi connectivity index (χ4n) is 2.92. The Labute approximate surface area is 159 Å². The largest absolute Gasteiger partial charge is 0.493 e. The average molecular weight is 388 g/mol. The molecule has 2 heterocycles. The van der Waals surface area contributed by atoms with Crippen LogP contribution in [0, 0.1) is 0 Å². The fraction of sp³-hybridized carbons (Fsp3) is 0.333. The molecule has 0 radical (unpaired) electrons. The highest BCUT2D eigenvalue weighted by molar-refractivity contribution is 5.88. The van der Waals surface area contributed by atoms with Gasteiger partial charge in [0.2, 0.25) is 0 Å². The summed E-state index contributed by atoms with van der Waals surface area (Å²) in [6.07, 6.45) is 1.88. The normalized spacial score (nSPS) is 11.0. The minimum Gasteiger partial charge on any atom is -0.493 e. The van der Waals surface area contributed by atoms with Crippen LogP contribution in [0.25, 0.3) is 11.2 Å². The third kappa shape index (κ3) is 3.36. The molecule has 1 aromatic carbocycles. The molecule has 0 amide bonds. The van der Waals surface area contributed by atoms with Crippen LogP contribution < -0.4 is 20.7 Å². The van der Waals surface area contributed by atoms with E-state index in [9.17, 15) is 14.4 Å². The SMILES string of the molecule is COc1cc(C(=O)O)ccc1OCCCn1c(=O)c2c(ncn2C)n(C)c1=O. The molecule has 0 atom stereocenters. The second-order valence-electron chi connectivity index (χ2n) is 6.20. The van der Waals surface area contributed by atoms with Gasteiger partial charge in [-0.3, -0.25) is 13.9 Å². The molecule has 1 N–H and O–H groups in total. The lowest BCUT2D eigenvalue weighted by Crippen LogP contribution is -2.39. The Kier molecular flexibility index (Phi) is 5.21. The van der Waals surface area contributed by atoms with Crippen molar-refractivity contribution in [2.45, 2.75) is 13.0 Å². The third-order valence-electron chi connectivity index (χ3n) is 4.40. The fourth-order valence-corrected chi connectivity index (χ4v) is 2.92. The molecule has 0 aliphatic carbocycles. The van der Waals surface area contributed by atoms with Gasteiger partial charge in [-0.1, -0.05) is 0 Å². The maximum absolute atomic E-state index is 12.6. The van der Waals surface area contributed by atoms with Gasteiger partial charge in [0, 0.05) is 20.6 Å². The molecule has 0 unspecified atom stereocenters. The lowest BCUT2D eigenvalue weighted by molar-refractivity contribution is 0.0696. The zero-order valence-electron chi connectivity index (χ0n) is 15.7. The Bertz CT molecular complexity index is 1160. The topological polar surface area (TPSA) is 118 Å². The van der Waals surface area contributed by atoms with Crippen LogP contribution in [0.1, 0.15) is 16.8 Å².